The minimum atomic E-state index is -0.255. The van der Waals surface area contributed by atoms with Crippen LogP contribution in [0.4, 0.5) is 10.2 Å². The highest BCUT2D eigenvalue weighted by molar-refractivity contribution is 5.86. The Morgan fingerprint density at radius 2 is 1.76 bits per heavy atom. The number of aromatic nitrogens is 1. The minimum Gasteiger partial charge on any atom is -0.487 e. The number of rotatable bonds is 4. The molecule has 4 heteroatoms. The molecule has 0 fully saturated rings. The van der Waals surface area contributed by atoms with E-state index in [4.69, 9.17) is 9.72 Å². The Balaban J connectivity index is 1.43. The average Bonchev–Trinajstić information content (AvgIpc) is 2.77. The first-order valence-corrected chi connectivity index (χ1v) is 9.85. The molecule has 0 spiro atoms. The van der Waals surface area contributed by atoms with Gasteiger partial charge in [0.1, 0.15) is 29.5 Å². The summed E-state index contributed by atoms with van der Waals surface area (Å²) in [5.74, 6) is 1.41. The molecule has 0 unspecified atom stereocenters. The van der Waals surface area contributed by atoms with Crippen molar-refractivity contribution in [3.8, 4) is 5.75 Å². The number of fused-ring (bicyclic) bond motifs is 2. The maximum atomic E-state index is 13.4. The molecular weight excluding hydrogens is 363 g/mol. The van der Waals surface area contributed by atoms with Gasteiger partial charge < -0.3 is 9.64 Å². The lowest BCUT2D eigenvalue weighted by atomic mass is 10.00. The summed E-state index contributed by atoms with van der Waals surface area (Å²) in [6.07, 6.45) is 1.02. The molecule has 1 aromatic heterocycles. The van der Waals surface area contributed by atoms with E-state index in [1.165, 1.54) is 23.3 Å². The van der Waals surface area contributed by atoms with Crippen LogP contribution in [0.5, 0.6) is 5.75 Å². The number of ether oxygens (including phenoxy) is 1. The van der Waals surface area contributed by atoms with Crippen LogP contribution in [0.3, 0.4) is 0 Å². The molecule has 3 aromatic carbocycles. The summed E-state index contributed by atoms with van der Waals surface area (Å²) >= 11 is 0. The number of para-hydroxylation sites is 1. The van der Waals surface area contributed by atoms with Crippen molar-refractivity contribution < 1.29 is 9.13 Å². The number of benzene rings is 3. The molecule has 0 amide bonds. The number of nitrogens with zero attached hydrogens (tertiary/aromatic N) is 2. The van der Waals surface area contributed by atoms with Crippen molar-refractivity contribution in [2.75, 3.05) is 11.4 Å². The molecule has 3 nitrogen and oxygen atoms in total. The van der Waals surface area contributed by atoms with Crippen LogP contribution in [-0.4, -0.2) is 11.5 Å². The monoisotopic (exact) mass is 384 g/mol. The van der Waals surface area contributed by atoms with E-state index < -0.39 is 0 Å². The fourth-order valence-corrected chi connectivity index (χ4v) is 3.88. The summed E-state index contributed by atoms with van der Waals surface area (Å²) in [7, 11) is 0. The van der Waals surface area contributed by atoms with Gasteiger partial charge in [0.2, 0.25) is 0 Å². The van der Waals surface area contributed by atoms with Crippen molar-refractivity contribution in [1.82, 2.24) is 4.98 Å². The second-order valence-electron chi connectivity index (χ2n) is 7.36. The van der Waals surface area contributed by atoms with Gasteiger partial charge >= 0.3 is 0 Å². The van der Waals surface area contributed by atoms with Gasteiger partial charge in [0.15, 0.2) is 0 Å². The summed E-state index contributed by atoms with van der Waals surface area (Å²) < 4.78 is 19.4. The van der Waals surface area contributed by atoms with Gasteiger partial charge in [0, 0.05) is 18.5 Å². The van der Waals surface area contributed by atoms with Gasteiger partial charge in [0.05, 0.1) is 0 Å². The van der Waals surface area contributed by atoms with Crippen LogP contribution in [0.15, 0.2) is 78.9 Å². The molecule has 0 N–H and O–H groups in total. The second kappa shape index (κ2) is 7.55. The third-order valence-electron chi connectivity index (χ3n) is 5.41. The zero-order valence-corrected chi connectivity index (χ0v) is 16.0. The summed E-state index contributed by atoms with van der Waals surface area (Å²) in [6.45, 7) is 2.11. The van der Waals surface area contributed by atoms with E-state index in [-0.39, 0.29) is 5.82 Å². The van der Waals surface area contributed by atoms with Gasteiger partial charge in [-0.05, 0) is 53.4 Å². The van der Waals surface area contributed by atoms with E-state index >= 15 is 0 Å². The average molecular weight is 384 g/mol. The molecule has 0 radical (unpaired) electrons. The molecular formula is C25H21FN2O. The zero-order chi connectivity index (χ0) is 19.6. The molecule has 0 saturated heterocycles. The quantitative estimate of drug-likeness (QED) is 0.463. The highest BCUT2D eigenvalue weighted by Crippen LogP contribution is 2.29. The van der Waals surface area contributed by atoms with Crippen LogP contribution in [0.25, 0.3) is 10.9 Å². The molecule has 0 atom stereocenters. The highest BCUT2D eigenvalue weighted by atomic mass is 19.1. The number of hydrogen-bond donors (Lipinski definition) is 0. The maximum Gasteiger partial charge on any atom is 0.146 e. The van der Waals surface area contributed by atoms with E-state index in [0.29, 0.717) is 12.4 Å². The van der Waals surface area contributed by atoms with Crippen molar-refractivity contribution >= 4 is 16.7 Å². The van der Waals surface area contributed by atoms with E-state index in [1.807, 2.05) is 24.3 Å². The Morgan fingerprint density at radius 1 is 0.897 bits per heavy atom. The molecule has 0 bridgehead atoms. The standard InChI is InChI=1S/C25H21FN2O/c26-22-9-3-5-18(15-22)17-29-23-10-4-8-20-11-12-24(27-25(20)23)28-14-13-19-6-1-2-7-21(19)16-28/h1-12,15H,13-14,16-17H2. The Morgan fingerprint density at radius 3 is 2.66 bits per heavy atom. The Hall–Kier alpha value is -3.40. The normalized spacial score (nSPS) is 13.3. The zero-order valence-electron chi connectivity index (χ0n) is 16.0. The third-order valence-corrected chi connectivity index (χ3v) is 5.41. The number of halogens is 1. The largest absolute Gasteiger partial charge is 0.487 e. The van der Waals surface area contributed by atoms with Crippen molar-refractivity contribution in [3.05, 3.63) is 101 Å². The van der Waals surface area contributed by atoms with E-state index in [1.54, 1.807) is 6.07 Å². The number of pyridine rings is 1. The van der Waals surface area contributed by atoms with Crippen molar-refractivity contribution in [3.63, 3.8) is 0 Å². The highest BCUT2D eigenvalue weighted by Gasteiger charge is 2.17. The van der Waals surface area contributed by atoms with Crippen molar-refractivity contribution in [2.45, 2.75) is 19.6 Å². The fourth-order valence-electron chi connectivity index (χ4n) is 3.88. The van der Waals surface area contributed by atoms with Gasteiger partial charge in [-0.25, -0.2) is 9.37 Å². The number of anilines is 1. The number of hydrogen-bond acceptors (Lipinski definition) is 3. The van der Waals surface area contributed by atoms with Crippen LogP contribution >= 0.6 is 0 Å². The first kappa shape index (κ1) is 17.7. The summed E-state index contributed by atoms with van der Waals surface area (Å²) in [5.41, 5.74) is 4.41. The fraction of sp³-hybridized carbons (Fsp3) is 0.160. The summed E-state index contributed by atoms with van der Waals surface area (Å²) in [5, 5.41) is 1.03. The Bertz CT molecular complexity index is 1170. The van der Waals surface area contributed by atoms with E-state index in [2.05, 4.69) is 41.3 Å². The van der Waals surface area contributed by atoms with Gasteiger partial charge in [-0.15, -0.1) is 0 Å². The van der Waals surface area contributed by atoms with Crippen LogP contribution < -0.4 is 9.64 Å². The van der Waals surface area contributed by atoms with Crippen molar-refractivity contribution in [1.29, 1.82) is 0 Å². The van der Waals surface area contributed by atoms with Crippen LogP contribution in [0, 0.1) is 5.82 Å². The molecule has 144 valence electrons. The Kier molecular flexibility index (Phi) is 4.60. The summed E-state index contributed by atoms with van der Waals surface area (Å²) in [4.78, 5) is 7.24. The molecule has 2 heterocycles. The van der Waals surface area contributed by atoms with Crippen LogP contribution in [-0.2, 0) is 19.6 Å². The molecule has 0 saturated carbocycles. The molecule has 1 aliphatic heterocycles. The molecule has 1 aliphatic rings. The maximum absolute atomic E-state index is 13.4. The lowest BCUT2D eigenvalue weighted by Gasteiger charge is -2.30. The van der Waals surface area contributed by atoms with E-state index in [9.17, 15) is 4.39 Å². The van der Waals surface area contributed by atoms with Crippen LogP contribution in [0.1, 0.15) is 16.7 Å². The third kappa shape index (κ3) is 3.66. The first-order valence-electron chi connectivity index (χ1n) is 9.85. The molecule has 29 heavy (non-hydrogen) atoms. The SMILES string of the molecule is Fc1cccc(COc2cccc3ccc(N4CCc5ccccc5C4)nc23)c1. The topological polar surface area (TPSA) is 25.4 Å². The van der Waals surface area contributed by atoms with Crippen LogP contribution in [0.2, 0.25) is 0 Å². The lowest BCUT2D eigenvalue weighted by Crippen LogP contribution is -2.30. The first-order chi connectivity index (χ1) is 14.3. The molecule has 4 aromatic rings. The van der Waals surface area contributed by atoms with Gasteiger partial charge in [-0.2, -0.15) is 0 Å². The second-order valence-corrected chi connectivity index (χ2v) is 7.36. The minimum absolute atomic E-state index is 0.255. The van der Waals surface area contributed by atoms with Gasteiger partial charge in [-0.1, -0.05) is 48.5 Å². The molecule has 5 rings (SSSR count). The summed E-state index contributed by atoms with van der Waals surface area (Å²) in [6, 6.07) is 25.2. The lowest BCUT2D eigenvalue weighted by molar-refractivity contribution is 0.309. The molecule has 0 aliphatic carbocycles. The smallest absolute Gasteiger partial charge is 0.146 e. The van der Waals surface area contributed by atoms with Gasteiger partial charge in [0.25, 0.3) is 0 Å². The van der Waals surface area contributed by atoms with E-state index in [0.717, 1.165) is 41.8 Å². The van der Waals surface area contributed by atoms with Crippen molar-refractivity contribution in [2.24, 2.45) is 0 Å². The van der Waals surface area contributed by atoms with Gasteiger partial charge in [-0.3, -0.25) is 0 Å². The Labute approximate surface area is 169 Å². The predicted octanol–water partition coefficient (Wildman–Crippen LogP) is 5.52. The predicted molar refractivity (Wildman–Crippen MR) is 114 cm³/mol.